The highest BCUT2D eigenvalue weighted by atomic mass is 32.1. The van der Waals surface area contributed by atoms with Crippen LogP contribution in [-0.2, 0) is 0 Å². The number of hydrogen-bond donors (Lipinski definition) is 1. The van der Waals surface area contributed by atoms with E-state index in [2.05, 4.69) is 29.2 Å². The second kappa shape index (κ2) is 7.53. The van der Waals surface area contributed by atoms with Crippen molar-refractivity contribution in [2.45, 2.75) is 20.8 Å². The fourth-order valence-corrected chi connectivity index (χ4v) is 3.41. The summed E-state index contributed by atoms with van der Waals surface area (Å²) in [7, 11) is 0. The molecule has 3 aromatic rings. The van der Waals surface area contributed by atoms with Gasteiger partial charge in [-0.1, -0.05) is 5.16 Å². The Labute approximate surface area is 151 Å². The Morgan fingerprint density at radius 3 is 2.52 bits per heavy atom. The Balaban J connectivity index is 1.80. The summed E-state index contributed by atoms with van der Waals surface area (Å²) < 4.78 is 5.25. The second-order valence-corrected chi connectivity index (χ2v) is 6.43. The van der Waals surface area contributed by atoms with E-state index in [0.29, 0.717) is 17.0 Å². The number of thiophene rings is 1. The molecule has 1 N–H and O–H groups in total. The maximum atomic E-state index is 12.7. The molecule has 0 radical (unpaired) electrons. The van der Waals surface area contributed by atoms with Crippen molar-refractivity contribution in [1.82, 2.24) is 5.16 Å². The lowest BCUT2D eigenvalue weighted by Gasteiger charge is -2.21. The maximum absolute atomic E-state index is 12.7. The third-order valence-corrected chi connectivity index (χ3v) is 4.82. The Bertz CT molecular complexity index is 834. The quantitative estimate of drug-likeness (QED) is 0.689. The highest BCUT2D eigenvalue weighted by Crippen LogP contribution is 2.28. The van der Waals surface area contributed by atoms with Crippen molar-refractivity contribution in [3.05, 3.63) is 52.4 Å². The van der Waals surface area contributed by atoms with Crippen LogP contribution >= 0.6 is 11.3 Å². The summed E-state index contributed by atoms with van der Waals surface area (Å²) in [5.74, 6) is 0.300. The third-order valence-electron chi connectivity index (χ3n) is 4.14. The summed E-state index contributed by atoms with van der Waals surface area (Å²) in [4.78, 5) is 15.0. The van der Waals surface area contributed by atoms with Crippen LogP contribution in [0.2, 0.25) is 0 Å². The van der Waals surface area contributed by atoms with E-state index >= 15 is 0 Å². The van der Waals surface area contributed by atoms with Gasteiger partial charge in [0.2, 0.25) is 0 Å². The fraction of sp³-hybridized carbons (Fsp3) is 0.263. The van der Waals surface area contributed by atoms with Crippen molar-refractivity contribution < 1.29 is 9.32 Å². The van der Waals surface area contributed by atoms with Gasteiger partial charge in [-0.3, -0.25) is 4.79 Å². The molecule has 0 saturated heterocycles. The highest BCUT2D eigenvalue weighted by Gasteiger charge is 2.22. The molecule has 0 aliphatic rings. The number of hydrogen-bond acceptors (Lipinski definition) is 5. The first-order valence-electron chi connectivity index (χ1n) is 8.29. The van der Waals surface area contributed by atoms with E-state index in [1.807, 2.05) is 41.1 Å². The summed E-state index contributed by atoms with van der Waals surface area (Å²) in [5, 5.41) is 10.9. The summed E-state index contributed by atoms with van der Waals surface area (Å²) in [6, 6.07) is 9.79. The molecule has 0 aliphatic heterocycles. The number of aryl methyl sites for hydroxylation is 1. The van der Waals surface area contributed by atoms with E-state index in [0.717, 1.165) is 30.0 Å². The summed E-state index contributed by atoms with van der Waals surface area (Å²) >= 11 is 1.56. The van der Waals surface area contributed by atoms with Crippen molar-refractivity contribution in [1.29, 1.82) is 0 Å². The standard InChI is InChI=1S/C19H21N3O2S/c1-4-22(5-2)16-8-6-15(7-9-16)20-19(23)17-13(3)24-21-18(17)14-10-11-25-12-14/h6-12H,4-5H2,1-3H3,(H,20,23). The number of carbonyl (C=O) groups is 1. The molecule has 0 spiro atoms. The molecule has 6 heteroatoms. The normalized spacial score (nSPS) is 10.7. The summed E-state index contributed by atoms with van der Waals surface area (Å²) in [6.45, 7) is 7.90. The van der Waals surface area contributed by atoms with Crippen molar-refractivity contribution in [2.75, 3.05) is 23.3 Å². The molecule has 5 nitrogen and oxygen atoms in total. The first kappa shape index (κ1) is 17.2. The minimum Gasteiger partial charge on any atom is -0.372 e. The lowest BCUT2D eigenvalue weighted by molar-refractivity contribution is 0.102. The number of anilines is 2. The maximum Gasteiger partial charge on any atom is 0.261 e. The fourth-order valence-electron chi connectivity index (χ4n) is 2.77. The second-order valence-electron chi connectivity index (χ2n) is 5.65. The van der Waals surface area contributed by atoms with E-state index in [1.165, 1.54) is 0 Å². The van der Waals surface area contributed by atoms with Gasteiger partial charge in [0.25, 0.3) is 5.91 Å². The van der Waals surface area contributed by atoms with Gasteiger partial charge in [-0.25, -0.2) is 0 Å². The molecule has 0 fully saturated rings. The Morgan fingerprint density at radius 2 is 1.92 bits per heavy atom. The molecular formula is C19H21N3O2S. The molecule has 1 aromatic carbocycles. The molecule has 0 aliphatic carbocycles. The van der Waals surface area contributed by atoms with Gasteiger partial charge in [0.05, 0.1) is 0 Å². The van der Waals surface area contributed by atoms with Gasteiger partial charge in [-0.2, -0.15) is 11.3 Å². The number of nitrogens with zero attached hydrogens (tertiary/aromatic N) is 2. The smallest absolute Gasteiger partial charge is 0.261 e. The van der Waals surface area contributed by atoms with Gasteiger partial charge in [0.1, 0.15) is 17.0 Å². The van der Waals surface area contributed by atoms with Crippen LogP contribution in [0.5, 0.6) is 0 Å². The van der Waals surface area contributed by atoms with Crippen LogP contribution in [0.3, 0.4) is 0 Å². The van der Waals surface area contributed by atoms with Gasteiger partial charge in [0, 0.05) is 35.4 Å². The Morgan fingerprint density at radius 1 is 1.20 bits per heavy atom. The zero-order valence-electron chi connectivity index (χ0n) is 14.6. The Hall–Kier alpha value is -2.60. The van der Waals surface area contributed by atoms with Crippen LogP contribution in [0.25, 0.3) is 11.3 Å². The van der Waals surface area contributed by atoms with Crippen molar-refractivity contribution in [3.8, 4) is 11.3 Å². The third kappa shape index (κ3) is 3.58. The summed E-state index contributed by atoms with van der Waals surface area (Å²) in [6.07, 6.45) is 0. The average Bonchev–Trinajstić information content (AvgIpc) is 3.26. The van der Waals surface area contributed by atoms with Gasteiger partial charge in [0.15, 0.2) is 0 Å². The van der Waals surface area contributed by atoms with E-state index in [1.54, 1.807) is 18.3 Å². The van der Waals surface area contributed by atoms with Crippen molar-refractivity contribution >= 4 is 28.6 Å². The molecular weight excluding hydrogens is 334 g/mol. The van der Waals surface area contributed by atoms with Crippen molar-refractivity contribution in [3.63, 3.8) is 0 Å². The number of benzene rings is 1. The lowest BCUT2D eigenvalue weighted by Crippen LogP contribution is -2.21. The van der Waals surface area contributed by atoms with Crippen LogP contribution in [0.1, 0.15) is 30.0 Å². The number of carbonyl (C=O) groups excluding carboxylic acids is 1. The van der Waals surface area contributed by atoms with Crippen LogP contribution in [0.15, 0.2) is 45.6 Å². The largest absolute Gasteiger partial charge is 0.372 e. The van der Waals surface area contributed by atoms with E-state index in [-0.39, 0.29) is 5.91 Å². The zero-order valence-corrected chi connectivity index (χ0v) is 15.4. The molecule has 2 aromatic heterocycles. The summed E-state index contributed by atoms with van der Waals surface area (Å²) in [5.41, 5.74) is 3.84. The monoisotopic (exact) mass is 355 g/mol. The molecule has 0 unspecified atom stereocenters. The van der Waals surface area contributed by atoms with E-state index < -0.39 is 0 Å². The van der Waals surface area contributed by atoms with Gasteiger partial charge >= 0.3 is 0 Å². The van der Waals surface area contributed by atoms with E-state index in [9.17, 15) is 4.79 Å². The molecule has 1 amide bonds. The van der Waals surface area contributed by atoms with Gasteiger partial charge in [-0.15, -0.1) is 0 Å². The first-order valence-corrected chi connectivity index (χ1v) is 9.23. The molecule has 2 heterocycles. The van der Waals surface area contributed by atoms with Gasteiger partial charge in [-0.05, 0) is 56.5 Å². The Kier molecular flexibility index (Phi) is 5.19. The van der Waals surface area contributed by atoms with Gasteiger partial charge < -0.3 is 14.7 Å². The highest BCUT2D eigenvalue weighted by molar-refractivity contribution is 7.08. The van der Waals surface area contributed by atoms with Crippen LogP contribution in [-0.4, -0.2) is 24.2 Å². The molecule has 0 atom stereocenters. The molecule has 25 heavy (non-hydrogen) atoms. The number of rotatable bonds is 6. The first-order chi connectivity index (χ1) is 12.1. The van der Waals surface area contributed by atoms with Crippen molar-refractivity contribution in [2.24, 2.45) is 0 Å². The number of nitrogens with one attached hydrogen (secondary N) is 1. The number of aromatic nitrogens is 1. The predicted octanol–water partition coefficient (Wildman–Crippen LogP) is 4.81. The topological polar surface area (TPSA) is 58.4 Å². The lowest BCUT2D eigenvalue weighted by atomic mass is 10.1. The molecule has 130 valence electrons. The van der Waals surface area contributed by atoms with Crippen LogP contribution < -0.4 is 10.2 Å². The minimum atomic E-state index is -0.212. The zero-order chi connectivity index (χ0) is 17.8. The van der Waals surface area contributed by atoms with Crippen LogP contribution in [0, 0.1) is 6.92 Å². The number of amides is 1. The minimum absolute atomic E-state index is 0.212. The molecule has 0 saturated carbocycles. The van der Waals surface area contributed by atoms with E-state index in [4.69, 9.17) is 4.52 Å². The predicted molar refractivity (Wildman–Crippen MR) is 103 cm³/mol. The van der Waals surface area contributed by atoms with Crippen LogP contribution in [0.4, 0.5) is 11.4 Å². The molecule has 0 bridgehead atoms. The SMILES string of the molecule is CCN(CC)c1ccc(NC(=O)c2c(-c3ccsc3)noc2C)cc1. The average molecular weight is 355 g/mol. The molecule has 3 rings (SSSR count).